The molecule has 2 heterocycles. The molecule has 5 rings (SSSR count). The Morgan fingerprint density at radius 1 is 0.944 bits per heavy atom. The normalized spacial score (nSPS) is 18.1. The summed E-state index contributed by atoms with van der Waals surface area (Å²) < 4.78 is 10.9. The summed E-state index contributed by atoms with van der Waals surface area (Å²) in [6.07, 6.45) is 0. The summed E-state index contributed by atoms with van der Waals surface area (Å²) in [5, 5.41) is 11.3. The molecule has 1 N–H and O–H groups in total. The van der Waals surface area contributed by atoms with Gasteiger partial charge >= 0.3 is 0 Å². The molecule has 0 radical (unpaired) electrons. The quantitative estimate of drug-likeness (QED) is 0.321. The van der Waals surface area contributed by atoms with Crippen molar-refractivity contribution < 1.29 is 24.2 Å². The molecule has 1 fully saturated rings. The Bertz CT molecular complexity index is 1390. The number of anilines is 1. The number of nitrogens with zero attached hydrogens (tertiary/aromatic N) is 2. The number of ketones is 1. The van der Waals surface area contributed by atoms with Crippen LogP contribution >= 0.6 is 0 Å². The van der Waals surface area contributed by atoms with Crippen molar-refractivity contribution in [3.8, 4) is 11.5 Å². The number of aliphatic hydroxyl groups excluding tert-OH is 1. The van der Waals surface area contributed by atoms with Crippen LogP contribution in [0, 0.1) is 13.8 Å². The van der Waals surface area contributed by atoms with Gasteiger partial charge in [-0.15, -0.1) is 0 Å². The first kappa shape index (κ1) is 23.5. The number of aryl methyl sites for hydroxylation is 2. The molecule has 0 aliphatic carbocycles. The van der Waals surface area contributed by atoms with E-state index in [0.29, 0.717) is 17.1 Å². The number of carbonyl (C=O) groups is 2. The van der Waals surface area contributed by atoms with Gasteiger partial charge in [0.25, 0.3) is 11.7 Å². The molecule has 1 amide bonds. The number of hydrogen-bond acceptors (Lipinski definition) is 6. The van der Waals surface area contributed by atoms with Gasteiger partial charge in [0.05, 0.1) is 11.6 Å². The Labute approximate surface area is 210 Å². The molecule has 2 aliphatic heterocycles. The van der Waals surface area contributed by atoms with Crippen molar-refractivity contribution >= 4 is 23.1 Å². The zero-order valence-electron chi connectivity index (χ0n) is 20.7. The van der Waals surface area contributed by atoms with Crippen LogP contribution in [0.4, 0.5) is 5.69 Å². The summed E-state index contributed by atoms with van der Waals surface area (Å²) in [7, 11) is 3.89. The maximum absolute atomic E-state index is 13.4. The van der Waals surface area contributed by atoms with Gasteiger partial charge in [-0.3, -0.25) is 9.59 Å². The lowest BCUT2D eigenvalue weighted by molar-refractivity contribution is -0.140. The van der Waals surface area contributed by atoms with E-state index in [9.17, 15) is 14.7 Å². The molecular formula is C29H28N2O5. The summed E-state index contributed by atoms with van der Waals surface area (Å²) in [6, 6.07) is 17.9. The highest BCUT2D eigenvalue weighted by molar-refractivity contribution is 6.46. The number of benzene rings is 3. The fourth-order valence-corrected chi connectivity index (χ4v) is 4.62. The molecule has 3 aromatic rings. The molecule has 2 aliphatic rings. The lowest BCUT2D eigenvalue weighted by atomic mass is 9.94. The van der Waals surface area contributed by atoms with Crippen molar-refractivity contribution in [3.63, 3.8) is 0 Å². The van der Waals surface area contributed by atoms with Gasteiger partial charge in [0.1, 0.15) is 5.76 Å². The van der Waals surface area contributed by atoms with Crippen LogP contribution in [0.3, 0.4) is 0 Å². The van der Waals surface area contributed by atoms with Gasteiger partial charge in [0, 0.05) is 31.9 Å². The van der Waals surface area contributed by atoms with E-state index >= 15 is 0 Å². The van der Waals surface area contributed by atoms with E-state index in [1.54, 1.807) is 12.1 Å². The first-order chi connectivity index (χ1) is 17.2. The molecule has 0 spiro atoms. The maximum atomic E-state index is 13.4. The zero-order chi connectivity index (χ0) is 25.6. The van der Waals surface area contributed by atoms with Crippen molar-refractivity contribution in [2.75, 3.05) is 25.8 Å². The zero-order valence-corrected chi connectivity index (χ0v) is 20.7. The summed E-state index contributed by atoms with van der Waals surface area (Å²) in [5.74, 6) is -0.281. The Kier molecular flexibility index (Phi) is 5.92. The highest BCUT2D eigenvalue weighted by atomic mass is 16.7. The van der Waals surface area contributed by atoms with Crippen LogP contribution in [0.2, 0.25) is 0 Å². The molecule has 36 heavy (non-hydrogen) atoms. The van der Waals surface area contributed by atoms with E-state index in [2.05, 4.69) is 0 Å². The predicted molar refractivity (Wildman–Crippen MR) is 137 cm³/mol. The van der Waals surface area contributed by atoms with E-state index in [1.165, 1.54) is 4.90 Å². The second-order valence-electron chi connectivity index (χ2n) is 9.40. The number of amides is 1. The molecule has 184 valence electrons. The monoisotopic (exact) mass is 484 g/mol. The molecule has 0 bridgehead atoms. The summed E-state index contributed by atoms with van der Waals surface area (Å²) in [6.45, 7) is 4.25. The van der Waals surface area contributed by atoms with E-state index in [4.69, 9.17) is 9.47 Å². The fraction of sp³-hybridized carbons (Fsp3) is 0.241. The maximum Gasteiger partial charge on any atom is 0.295 e. The number of carbonyl (C=O) groups excluding carboxylic acids is 2. The second-order valence-corrected chi connectivity index (χ2v) is 9.40. The van der Waals surface area contributed by atoms with Crippen molar-refractivity contribution in [1.29, 1.82) is 0 Å². The van der Waals surface area contributed by atoms with Crippen molar-refractivity contribution in [1.82, 2.24) is 4.90 Å². The average molecular weight is 485 g/mol. The number of rotatable bonds is 5. The number of hydrogen-bond donors (Lipinski definition) is 1. The van der Waals surface area contributed by atoms with Crippen LogP contribution in [0.25, 0.3) is 5.76 Å². The van der Waals surface area contributed by atoms with Crippen LogP contribution in [-0.4, -0.2) is 42.6 Å². The lowest BCUT2D eigenvalue weighted by Crippen LogP contribution is -2.29. The van der Waals surface area contributed by atoms with Gasteiger partial charge in [-0.05, 0) is 66.4 Å². The van der Waals surface area contributed by atoms with Crippen molar-refractivity contribution in [3.05, 3.63) is 94.1 Å². The fourth-order valence-electron chi connectivity index (χ4n) is 4.62. The highest BCUT2D eigenvalue weighted by Gasteiger charge is 2.46. The number of Topliss-reactive ketones (excluding diaryl/α,β-unsaturated/α-hetero) is 1. The molecule has 1 saturated heterocycles. The molecule has 0 saturated carbocycles. The smallest absolute Gasteiger partial charge is 0.295 e. The third-order valence-electron chi connectivity index (χ3n) is 6.84. The molecule has 7 nitrogen and oxygen atoms in total. The summed E-state index contributed by atoms with van der Waals surface area (Å²) >= 11 is 0. The van der Waals surface area contributed by atoms with E-state index in [-0.39, 0.29) is 24.7 Å². The minimum atomic E-state index is -0.742. The van der Waals surface area contributed by atoms with Crippen LogP contribution in [0.15, 0.2) is 66.2 Å². The largest absolute Gasteiger partial charge is 0.507 e. The first-order valence-electron chi connectivity index (χ1n) is 11.8. The Morgan fingerprint density at radius 2 is 1.67 bits per heavy atom. The number of fused-ring (bicyclic) bond motifs is 1. The van der Waals surface area contributed by atoms with Crippen molar-refractivity contribution in [2.45, 2.75) is 26.4 Å². The topological polar surface area (TPSA) is 79.3 Å². The van der Waals surface area contributed by atoms with E-state index in [1.807, 2.05) is 81.4 Å². The van der Waals surface area contributed by atoms with Gasteiger partial charge in [-0.2, -0.15) is 0 Å². The Morgan fingerprint density at radius 3 is 2.36 bits per heavy atom. The van der Waals surface area contributed by atoms with Crippen LogP contribution in [-0.2, 0) is 16.1 Å². The predicted octanol–water partition coefficient (Wildman–Crippen LogP) is 4.72. The molecule has 7 heteroatoms. The number of likely N-dealkylation sites (tertiary alicyclic amines) is 1. The molecule has 1 atom stereocenters. The van der Waals surface area contributed by atoms with E-state index in [0.717, 1.165) is 27.9 Å². The van der Waals surface area contributed by atoms with Crippen molar-refractivity contribution in [2.24, 2.45) is 0 Å². The minimum absolute atomic E-state index is 0.0848. The molecule has 3 aromatic carbocycles. The highest BCUT2D eigenvalue weighted by Crippen LogP contribution is 2.41. The number of aliphatic hydroxyl groups is 1. The standard InChI is InChI=1S/C29H28N2O5/c1-17-5-7-21(13-18(17)2)27(32)25-26(20-8-10-22(11-9-20)30(3)4)31(29(34)28(25)33)15-19-6-12-23-24(14-19)36-16-35-23/h5-14,26,32H,15-16H2,1-4H3/b27-25+. The Hall–Kier alpha value is -4.26. The summed E-state index contributed by atoms with van der Waals surface area (Å²) in [5.41, 5.74) is 5.18. The molecular weight excluding hydrogens is 456 g/mol. The number of ether oxygens (including phenoxy) is 2. The van der Waals surface area contributed by atoms with Gasteiger partial charge in [-0.25, -0.2) is 0 Å². The summed E-state index contributed by atoms with van der Waals surface area (Å²) in [4.78, 5) is 30.2. The van der Waals surface area contributed by atoms with Crippen LogP contribution < -0.4 is 14.4 Å². The minimum Gasteiger partial charge on any atom is -0.507 e. The average Bonchev–Trinajstić information content (AvgIpc) is 3.43. The van der Waals surface area contributed by atoms with Crippen LogP contribution in [0.5, 0.6) is 11.5 Å². The lowest BCUT2D eigenvalue weighted by Gasteiger charge is -2.26. The van der Waals surface area contributed by atoms with Gasteiger partial charge < -0.3 is 24.4 Å². The first-order valence-corrected chi connectivity index (χ1v) is 11.8. The third kappa shape index (κ3) is 4.06. The SMILES string of the molecule is Cc1ccc(/C(O)=C2\C(=O)C(=O)N(Cc3ccc4c(c3)OCO4)C2c2ccc(N(C)C)cc2)cc1C. The van der Waals surface area contributed by atoms with Gasteiger partial charge in [0.2, 0.25) is 6.79 Å². The van der Waals surface area contributed by atoms with E-state index < -0.39 is 17.7 Å². The molecule has 0 aromatic heterocycles. The third-order valence-corrected chi connectivity index (χ3v) is 6.84. The van der Waals surface area contributed by atoms with Crippen LogP contribution in [0.1, 0.15) is 33.9 Å². The molecule has 1 unspecified atom stereocenters. The second kappa shape index (κ2) is 9.07. The van der Waals surface area contributed by atoms with Gasteiger partial charge in [-0.1, -0.05) is 30.3 Å². The van der Waals surface area contributed by atoms with Gasteiger partial charge in [0.15, 0.2) is 11.5 Å². The Balaban J connectivity index is 1.62.